The minimum absolute atomic E-state index is 0.00795. The molecule has 3 N–H and O–H groups in total. The Balaban J connectivity index is 2.26. The van der Waals surface area contributed by atoms with Crippen molar-refractivity contribution in [3.63, 3.8) is 0 Å². The number of nitrogens with two attached hydrogens (primary N) is 1. The molecule has 0 radical (unpaired) electrons. The molecule has 0 aliphatic rings. The molecule has 0 aliphatic heterocycles. The third-order valence-electron chi connectivity index (χ3n) is 2.96. The predicted octanol–water partition coefficient (Wildman–Crippen LogP) is 3.13. The second kappa shape index (κ2) is 6.45. The Morgan fingerprint density at radius 2 is 1.95 bits per heavy atom. The molecule has 1 unspecified atom stereocenters. The molecule has 0 aromatic heterocycles. The summed E-state index contributed by atoms with van der Waals surface area (Å²) in [7, 11) is 1.56. The van der Waals surface area contributed by atoms with Gasteiger partial charge in [0.2, 0.25) is 5.91 Å². The van der Waals surface area contributed by atoms with Crippen molar-refractivity contribution in [2.24, 2.45) is 5.73 Å². The summed E-state index contributed by atoms with van der Waals surface area (Å²) in [5.41, 5.74) is 6.44. The number of primary amides is 1. The van der Waals surface area contributed by atoms with Crippen LogP contribution in [0.1, 0.15) is 11.6 Å². The third-order valence-corrected chi connectivity index (χ3v) is 3.27. The molecule has 0 heterocycles. The van der Waals surface area contributed by atoms with Crippen LogP contribution in [0, 0.1) is 5.82 Å². The van der Waals surface area contributed by atoms with Crippen LogP contribution in [0.2, 0.25) is 5.02 Å². The number of rotatable bonds is 5. The number of carbonyl (C=O) groups is 1. The highest BCUT2D eigenvalue weighted by atomic mass is 35.5. The highest BCUT2D eigenvalue weighted by Gasteiger charge is 2.19. The molecule has 1 amide bonds. The molecule has 4 nitrogen and oxygen atoms in total. The van der Waals surface area contributed by atoms with E-state index in [-0.39, 0.29) is 5.02 Å². The first kappa shape index (κ1) is 15.1. The lowest BCUT2D eigenvalue weighted by atomic mass is 10.1. The predicted molar refractivity (Wildman–Crippen MR) is 80.0 cm³/mol. The molecule has 2 aromatic rings. The van der Waals surface area contributed by atoms with E-state index in [1.54, 1.807) is 37.4 Å². The van der Waals surface area contributed by atoms with Crippen molar-refractivity contribution >= 4 is 23.2 Å². The van der Waals surface area contributed by atoms with Gasteiger partial charge in [0.05, 0.1) is 12.1 Å². The first-order valence-electron chi connectivity index (χ1n) is 6.16. The average Bonchev–Trinajstić information content (AvgIpc) is 2.48. The van der Waals surface area contributed by atoms with E-state index >= 15 is 0 Å². The molecule has 2 rings (SSSR count). The fourth-order valence-corrected chi connectivity index (χ4v) is 1.98. The summed E-state index contributed by atoms with van der Waals surface area (Å²) in [6, 6.07) is 10.2. The number of benzene rings is 2. The molecule has 110 valence electrons. The lowest BCUT2D eigenvalue weighted by Gasteiger charge is -2.17. The maximum Gasteiger partial charge on any atom is 0.244 e. The standard InChI is InChI=1S/C15H14ClFN2O2/c1-21-11-5-3-10(4-6-11)19-14(15(18)20)9-2-7-12(16)13(17)8-9/h2-8,14,19H,1H3,(H2,18,20). The van der Waals surface area contributed by atoms with Crippen LogP contribution in [0.4, 0.5) is 10.1 Å². The Hall–Kier alpha value is -2.27. The second-order valence-corrected chi connectivity index (χ2v) is 4.79. The van der Waals surface area contributed by atoms with Crippen LogP contribution in [0.5, 0.6) is 5.75 Å². The molecule has 0 saturated carbocycles. The van der Waals surface area contributed by atoms with Crippen molar-refractivity contribution in [1.82, 2.24) is 0 Å². The number of halogens is 2. The first-order valence-corrected chi connectivity index (χ1v) is 6.54. The van der Waals surface area contributed by atoms with E-state index in [0.717, 1.165) is 0 Å². The minimum Gasteiger partial charge on any atom is -0.497 e. The number of anilines is 1. The molecule has 0 fully saturated rings. The highest BCUT2D eigenvalue weighted by Crippen LogP contribution is 2.24. The number of nitrogens with one attached hydrogen (secondary N) is 1. The van der Waals surface area contributed by atoms with Gasteiger partial charge in [-0.2, -0.15) is 0 Å². The normalized spacial score (nSPS) is 11.8. The van der Waals surface area contributed by atoms with Gasteiger partial charge in [0.1, 0.15) is 17.6 Å². The van der Waals surface area contributed by atoms with Gasteiger partial charge >= 0.3 is 0 Å². The largest absolute Gasteiger partial charge is 0.497 e. The van der Waals surface area contributed by atoms with Crippen molar-refractivity contribution in [3.8, 4) is 5.75 Å². The summed E-state index contributed by atoms with van der Waals surface area (Å²) in [6.07, 6.45) is 0. The number of methoxy groups -OCH3 is 1. The van der Waals surface area contributed by atoms with E-state index in [9.17, 15) is 9.18 Å². The van der Waals surface area contributed by atoms with Crippen LogP contribution in [0.15, 0.2) is 42.5 Å². The number of ether oxygens (including phenoxy) is 1. The van der Waals surface area contributed by atoms with Crippen LogP contribution in [-0.4, -0.2) is 13.0 Å². The fourth-order valence-electron chi connectivity index (χ4n) is 1.86. The fraction of sp³-hybridized carbons (Fsp3) is 0.133. The van der Waals surface area contributed by atoms with Gasteiger partial charge in [0.25, 0.3) is 0 Å². The Kier molecular flexibility index (Phi) is 4.65. The van der Waals surface area contributed by atoms with Gasteiger partial charge in [-0.05, 0) is 42.0 Å². The Labute approximate surface area is 126 Å². The van der Waals surface area contributed by atoms with E-state index in [0.29, 0.717) is 17.0 Å². The monoisotopic (exact) mass is 308 g/mol. The van der Waals surface area contributed by atoms with E-state index in [4.69, 9.17) is 22.1 Å². The van der Waals surface area contributed by atoms with Crippen LogP contribution in [0.3, 0.4) is 0 Å². The second-order valence-electron chi connectivity index (χ2n) is 4.38. The molecule has 0 spiro atoms. The Morgan fingerprint density at radius 3 is 2.48 bits per heavy atom. The van der Waals surface area contributed by atoms with Gasteiger partial charge < -0.3 is 15.8 Å². The van der Waals surface area contributed by atoms with Gasteiger partial charge in [-0.15, -0.1) is 0 Å². The summed E-state index contributed by atoms with van der Waals surface area (Å²) in [6.45, 7) is 0. The number of carbonyl (C=O) groups excluding carboxylic acids is 1. The number of amides is 1. The lowest BCUT2D eigenvalue weighted by molar-refractivity contribution is -0.118. The van der Waals surface area contributed by atoms with Crippen molar-refractivity contribution in [2.45, 2.75) is 6.04 Å². The van der Waals surface area contributed by atoms with E-state index < -0.39 is 17.8 Å². The molecular formula is C15H14ClFN2O2. The van der Waals surface area contributed by atoms with E-state index in [2.05, 4.69) is 5.32 Å². The Bertz CT molecular complexity index is 647. The molecule has 0 saturated heterocycles. The molecule has 6 heteroatoms. The summed E-state index contributed by atoms with van der Waals surface area (Å²) < 4.78 is 18.6. The van der Waals surface area contributed by atoms with Crippen molar-refractivity contribution in [2.75, 3.05) is 12.4 Å². The molecule has 0 aliphatic carbocycles. The number of hydrogen-bond acceptors (Lipinski definition) is 3. The average molecular weight is 309 g/mol. The van der Waals surface area contributed by atoms with Crippen LogP contribution in [0.25, 0.3) is 0 Å². The van der Waals surface area contributed by atoms with Gasteiger partial charge in [-0.3, -0.25) is 4.79 Å². The summed E-state index contributed by atoms with van der Waals surface area (Å²) in [5.74, 6) is -0.529. The third kappa shape index (κ3) is 3.64. The SMILES string of the molecule is COc1ccc(NC(C(N)=O)c2ccc(Cl)c(F)c2)cc1. The maximum atomic E-state index is 13.5. The van der Waals surface area contributed by atoms with Crippen molar-refractivity contribution in [3.05, 3.63) is 58.9 Å². The quantitative estimate of drug-likeness (QED) is 0.892. The van der Waals surface area contributed by atoms with Crippen LogP contribution in [-0.2, 0) is 4.79 Å². The Morgan fingerprint density at radius 1 is 1.29 bits per heavy atom. The zero-order valence-electron chi connectivity index (χ0n) is 11.3. The van der Waals surface area contributed by atoms with Crippen LogP contribution < -0.4 is 15.8 Å². The van der Waals surface area contributed by atoms with Crippen molar-refractivity contribution < 1.29 is 13.9 Å². The summed E-state index contributed by atoms with van der Waals surface area (Å²) in [5, 5.41) is 2.94. The zero-order chi connectivity index (χ0) is 15.4. The van der Waals surface area contributed by atoms with Gasteiger partial charge in [-0.25, -0.2) is 4.39 Å². The summed E-state index contributed by atoms with van der Waals surface area (Å²) in [4.78, 5) is 11.6. The molecular weight excluding hydrogens is 295 g/mol. The van der Waals surface area contributed by atoms with E-state index in [1.165, 1.54) is 12.1 Å². The maximum absolute atomic E-state index is 13.5. The number of hydrogen-bond donors (Lipinski definition) is 2. The topological polar surface area (TPSA) is 64.3 Å². The van der Waals surface area contributed by atoms with Gasteiger partial charge in [0.15, 0.2) is 0 Å². The summed E-state index contributed by atoms with van der Waals surface area (Å²) >= 11 is 5.63. The molecule has 2 aromatic carbocycles. The molecule has 21 heavy (non-hydrogen) atoms. The van der Waals surface area contributed by atoms with E-state index in [1.807, 2.05) is 0 Å². The van der Waals surface area contributed by atoms with Crippen molar-refractivity contribution in [1.29, 1.82) is 0 Å². The molecule has 0 bridgehead atoms. The smallest absolute Gasteiger partial charge is 0.244 e. The highest BCUT2D eigenvalue weighted by molar-refractivity contribution is 6.30. The molecule has 1 atom stereocenters. The lowest BCUT2D eigenvalue weighted by Crippen LogP contribution is -2.27. The minimum atomic E-state index is -0.856. The first-order chi connectivity index (χ1) is 10.0. The zero-order valence-corrected chi connectivity index (χ0v) is 12.0. The van der Waals surface area contributed by atoms with Crippen LogP contribution >= 0.6 is 11.6 Å². The van der Waals surface area contributed by atoms with Gasteiger partial charge in [-0.1, -0.05) is 17.7 Å². The van der Waals surface area contributed by atoms with Gasteiger partial charge in [0, 0.05) is 5.69 Å².